The van der Waals surface area contributed by atoms with Gasteiger partial charge in [0.05, 0.1) is 23.7 Å². The number of nitrogens with zero attached hydrogens (tertiary/aromatic N) is 2. The lowest BCUT2D eigenvalue weighted by molar-refractivity contribution is -0.299. The van der Waals surface area contributed by atoms with E-state index in [-0.39, 0.29) is 36.9 Å². The first-order valence-electron chi connectivity index (χ1n) is 19.4. The number of hydrogen-bond acceptors (Lipinski definition) is 12. The maximum atomic E-state index is 14.0. The fourth-order valence-corrected chi connectivity index (χ4v) is 8.68. The van der Waals surface area contributed by atoms with Crippen molar-refractivity contribution in [3.8, 4) is 0 Å². The van der Waals surface area contributed by atoms with Crippen molar-refractivity contribution >= 4 is 12.1 Å². The molecule has 3 fully saturated rings. The van der Waals surface area contributed by atoms with Crippen LogP contribution in [0.5, 0.6) is 0 Å². The van der Waals surface area contributed by atoms with E-state index < -0.39 is 78.0 Å². The van der Waals surface area contributed by atoms with E-state index in [0.717, 1.165) is 38.5 Å². The summed E-state index contributed by atoms with van der Waals surface area (Å²) in [5, 5.41) is 50.0. The van der Waals surface area contributed by atoms with Gasteiger partial charge in [0.25, 0.3) is 0 Å². The second-order valence-corrected chi connectivity index (χ2v) is 16.8. The summed E-state index contributed by atoms with van der Waals surface area (Å²) in [4.78, 5) is 31.5. The molecule has 3 aliphatic rings. The van der Waals surface area contributed by atoms with Gasteiger partial charge in [-0.15, -0.1) is 0 Å². The summed E-state index contributed by atoms with van der Waals surface area (Å²) < 4.78 is 24.9. The molecule has 5 N–H and O–H groups in total. The molecule has 1 amide bonds. The zero-order valence-corrected chi connectivity index (χ0v) is 33.2. The van der Waals surface area contributed by atoms with Gasteiger partial charge in [0, 0.05) is 30.6 Å². The Morgan fingerprint density at radius 3 is 2.22 bits per heavy atom. The van der Waals surface area contributed by atoms with Crippen molar-refractivity contribution in [1.29, 1.82) is 0 Å². The van der Waals surface area contributed by atoms with Crippen LogP contribution in [0.1, 0.15) is 113 Å². The molecule has 0 radical (unpaired) electrons. The number of rotatable bonds is 6. The van der Waals surface area contributed by atoms with Gasteiger partial charge in [-0.2, -0.15) is 0 Å². The molecule has 0 unspecified atom stereocenters. The van der Waals surface area contributed by atoms with E-state index in [4.69, 9.17) is 18.9 Å². The third-order valence-electron chi connectivity index (χ3n) is 11.8. The minimum absolute atomic E-state index is 0.0638. The molecule has 0 spiro atoms. The van der Waals surface area contributed by atoms with E-state index in [2.05, 4.69) is 5.32 Å². The second-order valence-electron chi connectivity index (χ2n) is 16.8. The third-order valence-corrected chi connectivity index (χ3v) is 11.8. The van der Waals surface area contributed by atoms with E-state index in [1.165, 1.54) is 6.92 Å². The van der Waals surface area contributed by atoms with Crippen LogP contribution in [0.25, 0.3) is 0 Å². The molecule has 13 heteroatoms. The Morgan fingerprint density at radius 2 is 1.65 bits per heavy atom. The number of carbonyl (C=O) groups excluding carboxylic acids is 2. The summed E-state index contributed by atoms with van der Waals surface area (Å²) in [7, 11) is 5.60. The summed E-state index contributed by atoms with van der Waals surface area (Å²) >= 11 is 0. The summed E-state index contributed by atoms with van der Waals surface area (Å²) in [6.07, 6.45) is -0.779. The quantitative estimate of drug-likeness (QED) is 0.200. The average molecular weight is 730 g/mol. The van der Waals surface area contributed by atoms with Crippen LogP contribution in [0.3, 0.4) is 0 Å². The fraction of sp³-hybridized carbons (Fsp3) is 0.947. The number of cyclic esters (lactones) is 1. The number of hydrogen-bond donors (Lipinski definition) is 5. The van der Waals surface area contributed by atoms with Crippen molar-refractivity contribution in [2.24, 2.45) is 17.8 Å². The van der Waals surface area contributed by atoms with Crippen molar-refractivity contribution in [1.82, 2.24) is 15.1 Å². The predicted molar refractivity (Wildman–Crippen MR) is 194 cm³/mol. The maximum absolute atomic E-state index is 14.0. The fourth-order valence-electron chi connectivity index (χ4n) is 8.68. The van der Waals surface area contributed by atoms with Crippen LogP contribution in [0, 0.1) is 17.8 Å². The lowest BCUT2D eigenvalue weighted by atomic mass is 9.77. The molecule has 0 aromatic heterocycles. The largest absolute Gasteiger partial charge is 0.459 e. The lowest BCUT2D eigenvalue weighted by Crippen LogP contribution is -2.59. The normalized spacial score (nSPS) is 43.4. The van der Waals surface area contributed by atoms with Gasteiger partial charge in [-0.05, 0) is 93.8 Å². The average Bonchev–Trinajstić information content (AvgIpc) is 3.32. The summed E-state index contributed by atoms with van der Waals surface area (Å²) in [6.45, 7) is 14.4. The lowest BCUT2D eigenvalue weighted by Gasteiger charge is -2.47. The number of likely N-dealkylation sites (N-methyl/N-ethyl adjacent to an activating group) is 2. The van der Waals surface area contributed by atoms with Crippen molar-refractivity contribution in [2.45, 2.75) is 185 Å². The van der Waals surface area contributed by atoms with Gasteiger partial charge < -0.3 is 54.5 Å². The number of ether oxygens (including phenoxy) is 4. The van der Waals surface area contributed by atoms with Crippen LogP contribution in [0.15, 0.2) is 0 Å². The number of aliphatic hydroxyl groups excluding tert-OH is 2. The van der Waals surface area contributed by atoms with Gasteiger partial charge in [-0.1, -0.05) is 46.5 Å². The Morgan fingerprint density at radius 1 is 1.04 bits per heavy atom. The van der Waals surface area contributed by atoms with Gasteiger partial charge >= 0.3 is 12.1 Å². The molecule has 298 valence electrons. The van der Waals surface area contributed by atoms with Crippen LogP contribution in [0.4, 0.5) is 4.79 Å². The molecule has 2 heterocycles. The highest BCUT2D eigenvalue weighted by Crippen LogP contribution is 2.37. The second kappa shape index (κ2) is 18.6. The van der Waals surface area contributed by atoms with Crippen LogP contribution < -0.4 is 5.32 Å². The Labute approximate surface area is 306 Å². The Kier molecular flexibility index (Phi) is 16.0. The summed E-state index contributed by atoms with van der Waals surface area (Å²) in [5.74, 6) is -2.76. The smallest absolute Gasteiger partial charge is 0.407 e. The Hall–Kier alpha value is -1.58. The van der Waals surface area contributed by atoms with E-state index in [9.17, 15) is 30.0 Å². The molecule has 51 heavy (non-hydrogen) atoms. The molecule has 1 saturated carbocycles. The number of nitrogens with one attached hydrogen (secondary N) is 1. The molecule has 0 aromatic rings. The van der Waals surface area contributed by atoms with E-state index >= 15 is 0 Å². The van der Waals surface area contributed by atoms with Crippen LogP contribution in [-0.2, 0) is 23.7 Å². The Bertz CT molecular complexity index is 1100. The van der Waals surface area contributed by atoms with Crippen molar-refractivity contribution < 1.29 is 49.0 Å². The molecule has 0 bridgehead atoms. The first-order valence-corrected chi connectivity index (χ1v) is 19.4. The predicted octanol–water partition coefficient (Wildman–Crippen LogP) is 3.43. The van der Waals surface area contributed by atoms with Crippen LogP contribution >= 0.6 is 0 Å². The van der Waals surface area contributed by atoms with Crippen LogP contribution in [0.2, 0.25) is 0 Å². The molecule has 0 aromatic carbocycles. The van der Waals surface area contributed by atoms with E-state index in [0.29, 0.717) is 13.0 Å². The molecule has 1 aliphatic carbocycles. The monoisotopic (exact) mass is 730 g/mol. The van der Waals surface area contributed by atoms with Gasteiger partial charge in [0.1, 0.15) is 30.0 Å². The molecular formula is C38H71N3O10. The number of alkyl carbamates (subject to hydrolysis) is 1. The molecular weight excluding hydrogens is 658 g/mol. The molecule has 14 atom stereocenters. The van der Waals surface area contributed by atoms with Crippen molar-refractivity contribution in [3.05, 3.63) is 0 Å². The van der Waals surface area contributed by atoms with Gasteiger partial charge in [0.15, 0.2) is 6.29 Å². The molecule has 2 aliphatic heterocycles. The number of esters is 1. The SMILES string of the molecule is CC[C@H]1OC(=O)[C@H](C)[C@@H](OC(=O)NC2CCCCCC2)[C@H](C)[C@@H](O[C@@H]2O[C@H](C)C[C@H](N(C)C)[C@H]2O)[C@](C)(O)C[C@@H](C)CN(C)[C@H](C)[C@@H](O)[C@]1(C)O. The highest BCUT2D eigenvalue weighted by molar-refractivity contribution is 5.74. The van der Waals surface area contributed by atoms with Gasteiger partial charge in [-0.3, -0.25) is 4.79 Å². The standard InChI is InChI=1S/C38H71N3O10/c1-12-29-38(8,47)32(43)26(6)41(11)21-22(2)20-37(7,46)33(51-35-30(42)28(40(9)10)19-23(3)48-35)24(4)31(25(5)34(44)49-29)50-36(45)39-27-17-15-13-14-16-18-27/h22-33,35,42-43,46-47H,12-21H2,1-11H3,(H,39,45)/t22-,23-,24+,25-,26-,28+,29-,30-,31+,32-,33-,35+,37-,38-/m1/s1. The minimum Gasteiger partial charge on any atom is -0.459 e. The number of carbonyl (C=O) groups is 2. The molecule has 3 rings (SSSR count). The highest BCUT2D eigenvalue weighted by atomic mass is 16.7. The zero-order chi connectivity index (χ0) is 38.4. The molecule has 2 saturated heterocycles. The van der Waals surface area contributed by atoms with Crippen molar-refractivity contribution in [3.63, 3.8) is 0 Å². The number of aliphatic hydroxyl groups is 4. The first-order chi connectivity index (χ1) is 23.7. The minimum atomic E-state index is -1.80. The van der Waals surface area contributed by atoms with Gasteiger partial charge in [0.2, 0.25) is 0 Å². The topological polar surface area (TPSA) is 170 Å². The number of amides is 1. The third kappa shape index (κ3) is 11.2. The van der Waals surface area contributed by atoms with E-state index in [1.807, 2.05) is 44.8 Å². The molecule has 13 nitrogen and oxygen atoms in total. The zero-order valence-electron chi connectivity index (χ0n) is 33.2. The first kappa shape index (κ1) is 43.8. The maximum Gasteiger partial charge on any atom is 0.407 e. The highest BCUT2D eigenvalue weighted by Gasteiger charge is 2.51. The van der Waals surface area contributed by atoms with Crippen molar-refractivity contribution in [2.75, 3.05) is 27.7 Å². The van der Waals surface area contributed by atoms with E-state index in [1.54, 1.807) is 34.6 Å². The Balaban J connectivity index is 2.10. The van der Waals surface area contributed by atoms with Crippen LogP contribution in [-0.4, -0.2) is 142 Å². The summed E-state index contributed by atoms with van der Waals surface area (Å²) in [5.41, 5.74) is -3.37. The van der Waals surface area contributed by atoms with Gasteiger partial charge in [-0.25, -0.2) is 4.79 Å². The summed E-state index contributed by atoms with van der Waals surface area (Å²) in [6, 6.07) is -0.870.